The van der Waals surface area contributed by atoms with Gasteiger partial charge in [-0.2, -0.15) is 0 Å². The van der Waals surface area contributed by atoms with Crippen LogP contribution in [0, 0.1) is 5.75 Å². The molecule has 0 amide bonds. The monoisotopic (exact) mass is 135 g/mol. The number of nitrogens with one attached hydrogen (secondary N) is 1. The van der Waals surface area contributed by atoms with Crippen LogP contribution in [-0.4, -0.2) is 0 Å². The second kappa shape index (κ2) is 3.29. The summed E-state index contributed by atoms with van der Waals surface area (Å²) < 4.78 is 0. The van der Waals surface area contributed by atoms with E-state index in [9.17, 15) is 0 Å². The minimum absolute atomic E-state index is 1.01. The number of para-hydroxylation sites is 1. The van der Waals surface area contributed by atoms with Gasteiger partial charge < -0.3 is 0 Å². The Bertz CT molecular complexity index is 212. The molecule has 2 heteroatoms. The van der Waals surface area contributed by atoms with Crippen LogP contribution in [0.3, 0.4) is 0 Å². The van der Waals surface area contributed by atoms with Gasteiger partial charge in [0.25, 0.3) is 0 Å². The van der Waals surface area contributed by atoms with E-state index in [-0.39, 0.29) is 0 Å². The first-order valence-electron chi connectivity index (χ1n) is 2.63. The molecule has 0 radical (unpaired) electrons. The summed E-state index contributed by atoms with van der Waals surface area (Å²) in [5.74, 6) is 2.53. The van der Waals surface area contributed by atoms with Crippen molar-refractivity contribution in [3.8, 4) is 5.75 Å². The van der Waals surface area contributed by atoms with E-state index in [4.69, 9.17) is 0 Å². The van der Waals surface area contributed by atoms with E-state index in [1.54, 1.807) is 0 Å². The Balaban J connectivity index is 2.76. The first-order valence-corrected chi connectivity index (χ1v) is 3.08. The Kier molecular flexibility index (Phi) is 2.32. The Morgan fingerprint density at radius 1 is 1.22 bits per heavy atom. The van der Waals surface area contributed by atoms with Gasteiger partial charge in [0.05, 0.1) is 0 Å². The molecule has 0 unspecified atom stereocenters. The van der Waals surface area contributed by atoms with Crippen molar-refractivity contribution in [1.82, 2.24) is 0 Å². The van der Waals surface area contributed by atoms with Gasteiger partial charge in [-0.3, -0.25) is 0 Å². The average Bonchev–Trinajstić information content (AvgIpc) is 1.91. The predicted molar refractivity (Wildman–Crippen MR) is 40.9 cm³/mol. The molecule has 0 bridgehead atoms. The molecule has 1 rings (SSSR count). The van der Waals surface area contributed by atoms with Gasteiger partial charge in [0.2, 0.25) is 0 Å². The number of benzene rings is 1. The quantitative estimate of drug-likeness (QED) is 0.460. The molecular weight excluding hydrogens is 129 g/mol. The van der Waals surface area contributed by atoms with E-state index in [0.717, 1.165) is 5.69 Å². The third-order valence-electron chi connectivity index (χ3n) is 0.974. The second-order valence-electron chi connectivity index (χ2n) is 1.60. The maximum absolute atomic E-state index is 3.77. The number of rotatable bonds is 1. The van der Waals surface area contributed by atoms with Crippen molar-refractivity contribution in [1.29, 1.82) is 0 Å². The first kappa shape index (κ1) is 6.35. The first-order chi connectivity index (χ1) is 4.43. The van der Waals surface area contributed by atoms with Crippen LogP contribution in [0.15, 0.2) is 30.3 Å². The zero-order valence-electron chi connectivity index (χ0n) is 4.83. The SMILES string of the molecule is P#CNc1ccccc1. The molecule has 0 aliphatic rings. The van der Waals surface area contributed by atoms with E-state index in [1.165, 1.54) is 0 Å². The van der Waals surface area contributed by atoms with Gasteiger partial charge in [-0.05, 0) is 0 Å². The van der Waals surface area contributed by atoms with E-state index in [0.29, 0.717) is 0 Å². The van der Waals surface area contributed by atoms with Crippen LogP contribution < -0.4 is 5.32 Å². The summed E-state index contributed by atoms with van der Waals surface area (Å²) in [5.41, 5.74) is 1.01. The van der Waals surface area contributed by atoms with E-state index >= 15 is 0 Å². The zero-order chi connectivity index (χ0) is 6.53. The Hall–Kier alpha value is -0.770. The van der Waals surface area contributed by atoms with Gasteiger partial charge in [-0.25, -0.2) is 0 Å². The fourth-order valence-corrected chi connectivity index (χ4v) is 0.715. The van der Waals surface area contributed by atoms with Crippen LogP contribution in [0.25, 0.3) is 0 Å². The molecule has 0 saturated carbocycles. The topological polar surface area (TPSA) is 12.0 Å². The molecule has 44 valence electrons. The summed E-state index contributed by atoms with van der Waals surface area (Å²) in [6.07, 6.45) is 0. The fourth-order valence-electron chi connectivity index (χ4n) is 0.586. The zero-order valence-corrected chi connectivity index (χ0v) is 5.73. The molecule has 0 fully saturated rings. The summed E-state index contributed by atoms with van der Waals surface area (Å²) in [5, 5.41) is 2.82. The van der Waals surface area contributed by atoms with Crippen molar-refractivity contribution in [3.63, 3.8) is 0 Å². The molecule has 0 saturated heterocycles. The van der Waals surface area contributed by atoms with Gasteiger partial charge >= 0.3 is 55.8 Å². The molecule has 9 heavy (non-hydrogen) atoms. The molecule has 1 aromatic carbocycles. The average molecular weight is 135 g/mol. The van der Waals surface area contributed by atoms with Crippen molar-refractivity contribution in [2.45, 2.75) is 0 Å². The van der Waals surface area contributed by atoms with Crippen molar-refractivity contribution >= 4 is 14.4 Å². The second-order valence-corrected chi connectivity index (χ2v) is 1.83. The summed E-state index contributed by atoms with van der Waals surface area (Å²) in [7, 11) is 3.77. The van der Waals surface area contributed by atoms with Crippen LogP contribution in [0.4, 0.5) is 5.69 Å². The van der Waals surface area contributed by atoms with E-state index in [2.05, 4.69) is 19.8 Å². The summed E-state index contributed by atoms with van der Waals surface area (Å²) in [6.45, 7) is 0. The molecule has 1 nitrogen and oxygen atoms in total. The van der Waals surface area contributed by atoms with Crippen LogP contribution in [-0.2, 0) is 0 Å². The van der Waals surface area contributed by atoms with Crippen molar-refractivity contribution in [2.24, 2.45) is 0 Å². The number of hydrogen-bond donors (Lipinski definition) is 1. The third-order valence-corrected chi connectivity index (χ3v) is 1.09. The van der Waals surface area contributed by atoms with Gasteiger partial charge in [-0.1, -0.05) is 0 Å². The Labute approximate surface area is 56.6 Å². The molecule has 1 aromatic rings. The third kappa shape index (κ3) is 1.89. The summed E-state index contributed by atoms with van der Waals surface area (Å²) >= 11 is 0. The molecule has 0 aromatic heterocycles. The van der Waals surface area contributed by atoms with Gasteiger partial charge in [0, 0.05) is 0 Å². The van der Waals surface area contributed by atoms with Gasteiger partial charge in [0.1, 0.15) is 0 Å². The molecule has 0 spiro atoms. The van der Waals surface area contributed by atoms with Crippen molar-refractivity contribution in [2.75, 3.05) is 5.32 Å². The summed E-state index contributed by atoms with van der Waals surface area (Å²) in [6, 6.07) is 9.76. The molecular formula is C7H6NP. The summed E-state index contributed by atoms with van der Waals surface area (Å²) in [4.78, 5) is 0. The fraction of sp³-hybridized carbons (Fsp3) is 0. The predicted octanol–water partition coefficient (Wildman–Crippen LogP) is 2.43. The molecule has 0 heterocycles. The van der Waals surface area contributed by atoms with E-state index < -0.39 is 0 Å². The van der Waals surface area contributed by atoms with Crippen LogP contribution in [0.1, 0.15) is 0 Å². The Morgan fingerprint density at radius 3 is 2.44 bits per heavy atom. The molecule has 1 N–H and O–H groups in total. The Morgan fingerprint density at radius 2 is 1.89 bits per heavy atom. The van der Waals surface area contributed by atoms with Crippen molar-refractivity contribution in [3.05, 3.63) is 30.3 Å². The van der Waals surface area contributed by atoms with E-state index in [1.807, 2.05) is 30.3 Å². The normalized spacial score (nSPS) is 7.89. The molecule has 0 aliphatic heterocycles. The maximum atomic E-state index is 3.77. The van der Waals surface area contributed by atoms with Gasteiger partial charge in [0.15, 0.2) is 0 Å². The van der Waals surface area contributed by atoms with Crippen LogP contribution in [0.5, 0.6) is 0 Å². The number of hydrogen-bond acceptors (Lipinski definition) is 1. The van der Waals surface area contributed by atoms with Crippen molar-refractivity contribution < 1.29 is 0 Å². The van der Waals surface area contributed by atoms with Gasteiger partial charge in [-0.15, -0.1) is 0 Å². The van der Waals surface area contributed by atoms with Crippen LogP contribution in [0.2, 0.25) is 0 Å². The molecule has 0 aliphatic carbocycles. The van der Waals surface area contributed by atoms with Crippen LogP contribution >= 0.6 is 8.70 Å². The minimum atomic E-state index is 1.01. The standard InChI is InChI=1S/C7H6NP/c9-6-8-7-4-2-1-3-5-7/h1-5,8H. The molecule has 0 atom stereocenters. The number of anilines is 1.